The number of carbonyl (C=O) groups excluding carboxylic acids is 1. The van der Waals surface area contributed by atoms with Gasteiger partial charge in [-0.1, -0.05) is 32.4 Å². The van der Waals surface area contributed by atoms with Crippen molar-refractivity contribution in [2.75, 3.05) is 20.6 Å². The molecule has 1 rings (SSSR count). The van der Waals surface area contributed by atoms with E-state index in [0.29, 0.717) is 10.7 Å². The Balaban J connectivity index is 2.91. The van der Waals surface area contributed by atoms with Crippen molar-refractivity contribution in [3.63, 3.8) is 0 Å². The van der Waals surface area contributed by atoms with Crippen molar-refractivity contribution in [2.24, 2.45) is 0 Å². The predicted molar refractivity (Wildman–Crippen MR) is 83.4 cm³/mol. The van der Waals surface area contributed by atoms with Gasteiger partial charge in [0.2, 0.25) is 0 Å². The van der Waals surface area contributed by atoms with Crippen molar-refractivity contribution in [3.05, 3.63) is 28.5 Å². The van der Waals surface area contributed by atoms with Gasteiger partial charge in [0.15, 0.2) is 0 Å². The Hall–Kier alpha value is -1.13. The molecule has 0 spiro atoms. The molecular weight excluding hydrogens is 274 g/mol. The van der Waals surface area contributed by atoms with Gasteiger partial charge in [-0.05, 0) is 33.2 Å². The number of likely N-dealkylation sites (N-methyl/N-ethyl adjacent to an activating group) is 1. The number of aromatic nitrogens is 1. The van der Waals surface area contributed by atoms with Gasteiger partial charge < -0.3 is 10.2 Å². The summed E-state index contributed by atoms with van der Waals surface area (Å²) in [6.07, 6.45) is 0. The van der Waals surface area contributed by atoms with Gasteiger partial charge in [-0.15, -0.1) is 0 Å². The van der Waals surface area contributed by atoms with Gasteiger partial charge in [0.05, 0.1) is 0 Å². The smallest absolute Gasteiger partial charge is 0.251 e. The largest absolute Gasteiger partial charge is 0.348 e. The van der Waals surface area contributed by atoms with Gasteiger partial charge >= 0.3 is 0 Å². The van der Waals surface area contributed by atoms with Crippen LogP contribution in [-0.4, -0.2) is 42.5 Å². The molecule has 5 heteroatoms. The molecule has 1 N–H and O–H groups in total. The number of nitrogens with zero attached hydrogens (tertiary/aromatic N) is 2. The topological polar surface area (TPSA) is 45.2 Å². The first kappa shape index (κ1) is 16.9. The minimum absolute atomic E-state index is 0.0718. The van der Waals surface area contributed by atoms with E-state index in [-0.39, 0.29) is 17.4 Å². The van der Waals surface area contributed by atoms with Crippen LogP contribution >= 0.6 is 11.6 Å². The molecule has 0 radical (unpaired) electrons. The molecule has 0 aliphatic heterocycles. The lowest BCUT2D eigenvalue weighted by Gasteiger charge is -2.20. The molecule has 0 bridgehead atoms. The summed E-state index contributed by atoms with van der Waals surface area (Å²) in [5, 5.41) is 3.32. The van der Waals surface area contributed by atoms with Gasteiger partial charge in [-0.25, -0.2) is 4.98 Å². The summed E-state index contributed by atoms with van der Waals surface area (Å²) in [5.74, 6) is -0.117. The summed E-state index contributed by atoms with van der Waals surface area (Å²) >= 11 is 6.02. The lowest BCUT2D eigenvalue weighted by Crippen LogP contribution is -2.39. The Labute approximate surface area is 126 Å². The Bertz CT molecular complexity index is 480. The minimum atomic E-state index is -0.144. The minimum Gasteiger partial charge on any atom is -0.348 e. The zero-order valence-electron chi connectivity index (χ0n) is 13.1. The summed E-state index contributed by atoms with van der Waals surface area (Å²) in [6.45, 7) is 8.90. The zero-order chi connectivity index (χ0) is 15.5. The van der Waals surface area contributed by atoms with Gasteiger partial charge in [-0.3, -0.25) is 4.79 Å². The van der Waals surface area contributed by atoms with Crippen LogP contribution in [0, 0.1) is 0 Å². The number of amides is 1. The van der Waals surface area contributed by atoms with Crippen LogP contribution in [-0.2, 0) is 5.41 Å². The van der Waals surface area contributed by atoms with Crippen LogP contribution in [0.25, 0.3) is 0 Å². The van der Waals surface area contributed by atoms with Crippen LogP contribution in [0.4, 0.5) is 0 Å². The van der Waals surface area contributed by atoms with Crippen LogP contribution in [0.15, 0.2) is 12.1 Å². The van der Waals surface area contributed by atoms with Gasteiger partial charge in [0.1, 0.15) is 5.15 Å². The van der Waals surface area contributed by atoms with Crippen molar-refractivity contribution in [2.45, 2.75) is 39.2 Å². The maximum atomic E-state index is 12.3. The number of pyridine rings is 1. The van der Waals surface area contributed by atoms with Crippen molar-refractivity contribution in [3.8, 4) is 0 Å². The molecular formula is C15H24ClN3O. The van der Waals surface area contributed by atoms with Crippen molar-refractivity contribution < 1.29 is 4.79 Å². The first-order valence-electron chi connectivity index (χ1n) is 6.73. The van der Waals surface area contributed by atoms with E-state index >= 15 is 0 Å². The van der Waals surface area contributed by atoms with E-state index in [2.05, 4.69) is 10.3 Å². The molecule has 0 aliphatic rings. The van der Waals surface area contributed by atoms with Gasteiger partial charge in [-0.2, -0.15) is 0 Å². The van der Waals surface area contributed by atoms with Gasteiger partial charge in [0.25, 0.3) is 5.91 Å². The predicted octanol–water partition coefficient (Wildman–Crippen LogP) is 2.71. The second-order valence-corrected chi connectivity index (χ2v) is 6.84. The maximum absolute atomic E-state index is 12.3. The van der Waals surface area contributed by atoms with E-state index in [1.54, 1.807) is 6.07 Å². The molecule has 0 aromatic carbocycles. The molecule has 0 fully saturated rings. The second kappa shape index (κ2) is 6.55. The fraction of sp³-hybridized carbons (Fsp3) is 0.600. The van der Waals surface area contributed by atoms with E-state index < -0.39 is 0 Å². The molecule has 4 nitrogen and oxygen atoms in total. The van der Waals surface area contributed by atoms with Crippen LogP contribution in [0.1, 0.15) is 43.7 Å². The van der Waals surface area contributed by atoms with Crippen LogP contribution in [0.3, 0.4) is 0 Å². The molecule has 0 aliphatic carbocycles. The monoisotopic (exact) mass is 297 g/mol. The Morgan fingerprint density at radius 3 is 2.50 bits per heavy atom. The highest BCUT2D eigenvalue weighted by atomic mass is 35.5. The van der Waals surface area contributed by atoms with E-state index in [4.69, 9.17) is 11.6 Å². The first-order valence-corrected chi connectivity index (χ1v) is 7.11. The van der Waals surface area contributed by atoms with E-state index in [0.717, 1.165) is 12.2 Å². The third-order valence-electron chi connectivity index (χ3n) is 2.84. The third kappa shape index (κ3) is 5.10. The summed E-state index contributed by atoms with van der Waals surface area (Å²) in [7, 11) is 3.95. The first-order chi connectivity index (χ1) is 9.09. The highest BCUT2D eigenvalue weighted by Gasteiger charge is 2.19. The Morgan fingerprint density at radius 1 is 1.40 bits per heavy atom. The molecule has 20 heavy (non-hydrogen) atoms. The van der Waals surface area contributed by atoms with Crippen LogP contribution in [0.2, 0.25) is 5.15 Å². The molecule has 1 aromatic rings. The molecule has 1 heterocycles. The quantitative estimate of drug-likeness (QED) is 0.869. The summed E-state index contributed by atoms with van der Waals surface area (Å²) in [4.78, 5) is 18.6. The Morgan fingerprint density at radius 2 is 2.00 bits per heavy atom. The Kier molecular flexibility index (Phi) is 5.54. The number of halogens is 1. The maximum Gasteiger partial charge on any atom is 0.251 e. The molecule has 1 aromatic heterocycles. The number of nitrogens with one attached hydrogen (secondary N) is 1. The molecule has 1 amide bonds. The van der Waals surface area contributed by atoms with Crippen molar-refractivity contribution in [1.29, 1.82) is 0 Å². The van der Waals surface area contributed by atoms with Crippen molar-refractivity contribution in [1.82, 2.24) is 15.2 Å². The van der Waals surface area contributed by atoms with Crippen LogP contribution < -0.4 is 5.32 Å². The number of rotatable bonds is 4. The third-order valence-corrected chi connectivity index (χ3v) is 3.03. The highest BCUT2D eigenvalue weighted by Crippen LogP contribution is 2.23. The zero-order valence-corrected chi connectivity index (χ0v) is 13.9. The normalized spacial score (nSPS) is 13.4. The van der Waals surface area contributed by atoms with Crippen molar-refractivity contribution >= 4 is 17.5 Å². The number of hydrogen-bond donors (Lipinski definition) is 1. The molecule has 1 atom stereocenters. The average molecular weight is 298 g/mol. The lowest BCUT2D eigenvalue weighted by molar-refractivity contribution is 0.0934. The second-order valence-electron chi connectivity index (χ2n) is 6.45. The molecule has 1 unspecified atom stereocenters. The SMILES string of the molecule is CC(CN(C)C)NC(=O)c1cc(Cl)nc(C(C)(C)C)c1. The summed E-state index contributed by atoms with van der Waals surface area (Å²) < 4.78 is 0. The van der Waals surface area contributed by atoms with E-state index in [1.165, 1.54) is 0 Å². The van der Waals surface area contributed by atoms with Gasteiger partial charge in [0, 0.05) is 29.3 Å². The highest BCUT2D eigenvalue weighted by molar-refractivity contribution is 6.29. The lowest BCUT2D eigenvalue weighted by atomic mass is 9.91. The molecule has 112 valence electrons. The van der Waals surface area contributed by atoms with Crippen LogP contribution in [0.5, 0.6) is 0 Å². The average Bonchev–Trinajstić information content (AvgIpc) is 2.25. The van der Waals surface area contributed by atoms with E-state index in [9.17, 15) is 4.79 Å². The standard InChI is InChI=1S/C15H24ClN3O/c1-10(9-19(5)6)17-14(20)11-7-12(15(2,3)4)18-13(16)8-11/h7-8,10H,9H2,1-6H3,(H,17,20). The number of carbonyl (C=O) groups is 1. The fourth-order valence-electron chi connectivity index (χ4n) is 1.91. The number of hydrogen-bond acceptors (Lipinski definition) is 3. The molecule has 0 saturated heterocycles. The molecule has 0 saturated carbocycles. The summed E-state index contributed by atoms with van der Waals surface area (Å²) in [5.41, 5.74) is 1.23. The fourth-order valence-corrected chi connectivity index (χ4v) is 2.12. The van der Waals surface area contributed by atoms with E-state index in [1.807, 2.05) is 52.8 Å². The summed E-state index contributed by atoms with van der Waals surface area (Å²) in [6, 6.07) is 3.49.